The number of hydrogen-bond donors (Lipinski definition) is 7. The molecule has 0 saturated heterocycles. The zero-order valence-electron chi connectivity index (χ0n) is 34.5. The summed E-state index contributed by atoms with van der Waals surface area (Å²) >= 11 is 0.478. The molecule has 1 fully saturated rings. The van der Waals surface area contributed by atoms with E-state index < -0.39 is 98.1 Å². The molecule has 7 amide bonds. The van der Waals surface area contributed by atoms with Gasteiger partial charge in [0.15, 0.2) is 0 Å². The SMILES string of the molecule is CCC(C)C(NC(=O)[C@H](CC(C)C)NC(=O)c1cnccn1)C(=O)N[C@@H](CC1CCCCC1)C(=O)N[C@@H](CC)C(=O)C(=O)NCC(=O)NS(=O)(=O)c1nnc(NC(C)=O)s1. The second-order valence-corrected chi connectivity index (χ2v) is 17.9. The van der Waals surface area contributed by atoms with Crippen molar-refractivity contribution in [3.8, 4) is 0 Å². The largest absolute Gasteiger partial charge is 0.344 e. The Hall–Kier alpha value is -5.45. The molecule has 1 aliphatic rings. The Labute approximate surface area is 352 Å². The monoisotopic (exact) mass is 877 g/mol. The van der Waals surface area contributed by atoms with Crippen molar-refractivity contribution >= 4 is 73.6 Å². The van der Waals surface area contributed by atoms with Crippen molar-refractivity contribution in [2.75, 3.05) is 11.9 Å². The molecule has 0 aromatic carbocycles. The summed E-state index contributed by atoms with van der Waals surface area (Å²) in [6.07, 6.45) is 9.39. The van der Waals surface area contributed by atoms with Crippen LogP contribution in [0.25, 0.3) is 0 Å². The van der Waals surface area contributed by atoms with E-state index in [-0.39, 0.29) is 41.9 Å². The quantitative estimate of drug-likeness (QED) is 0.0626. The lowest BCUT2D eigenvalue weighted by Gasteiger charge is -2.31. The smallest absolute Gasteiger partial charge is 0.293 e. The Balaban J connectivity index is 1.71. The van der Waals surface area contributed by atoms with Crippen LogP contribution in [0.5, 0.6) is 0 Å². The van der Waals surface area contributed by atoms with Crippen LogP contribution in [0.15, 0.2) is 22.9 Å². The summed E-state index contributed by atoms with van der Waals surface area (Å²) in [6, 6.07) is -4.71. The number of rotatable bonds is 22. The highest BCUT2D eigenvalue weighted by atomic mass is 32.2. The van der Waals surface area contributed by atoms with Crippen LogP contribution >= 0.6 is 11.3 Å². The van der Waals surface area contributed by atoms with E-state index >= 15 is 0 Å². The van der Waals surface area contributed by atoms with Crippen LogP contribution in [0.3, 0.4) is 0 Å². The van der Waals surface area contributed by atoms with Crippen molar-refractivity contribution in [2.45, 2.75) is 128 Å². The van der Waals surface area contributed by atoms with Crippen molar-refractivity contribution in [3.05, 3.63) is 24.3 Å². The molecular weight excluding hydrogens is 823 g/mol. The van der Waals surface area contributed by atoms with Gasteiger partial charge < -0.3 is 31.9 Å². The van der Waals surface area contributed by atoms with E-state index in [4.69, 9.17) is 0 Å². The predicted octanol–water partition coefficient (Wildman–Crippen LogP) is 0.502. The first kappa shape index (κ1) is 48.9. The summed E-state index contributed by atoms with van der Waals surface area (Å²) in [5.74, 6) is -7.16. The molecule has 60 heavy (non-hydrogen) atoms. The summed E-state index contributed by atoms with van der Waals surface area (Å²) in [4.78, 5) is 112. The van der Waals surface area contributed by atoms with E-state index in [1.807, 2.05) is 26.1 Å². The number of anilines is 1. The number of aromatic nitrogens is 4. The van der Waals surface area contributed by atoms with E-state index in [9.17, 15) is 46.8 Å². The second kappa shape index (κ2) is 23.4. The summed E-state index contributed by atoms with van der Waals surface area (Å²) in [5, 5.41) is 21.9. The van der Waals surface area contributed by atoms with Crippen molar-refractivity contribution in [1.29, 1.82) is 0 Å². The van der Waals surface area contributed by atoms with E-state index in [1.54, 1.807) is 11.6 Å². The van der Waals surface area contributed by atoms with Gasteiger partial charge in [-0.2, -0.15) is 8.42 Å². The molecule has 7 N–H and O–H groups in total. The Bertz CT molecular complexity index is 1960. The highest BCUT2D eigenvalue weighted by Gasteiger charge is 2.36. The van der Waals surface area contributed by atoms with Gasteiger partial charge in [0, 0.05) is 19.3 Å². The first-order valence-electron chi connectivity index (χ1n) is 19.8. The summed E-state index contributed by atoms with van der Waals surface area (Å²) in [7, 11) is -4.53. The number of carbonyl (C=O) groups excluding carboxylic acids is 8. The number of nitrogens with one attached hydrogen (secondary N) is 7. The molecule has 2 aromatic heterocycles. The van der Waals surface area contributed by atoms with Gasteiger partial charge in [0.05, 0.1) is 18.8 Å². The average Bonchev–Trinajstić information content (AvgIpc) is 3.69. The number of amides is 7. The van der Waals surface area contributed by atoms with Crippen molar-refractivity contribution in [1.82, 2.24) is 51.5 Å². The van der Waals surface area contributed by atoms with Gasteiger partial charge in [-0.15, -0.1) is 10.2 Å². The maximum Gasteiger partial charge on any atom is 0.293 e. The first-order valence-corrected chi connectivity index (χ1v) is 22.1. The van der Waals surface area contributed by atoms with Gasteiger partial charge in [-0.05, 0) is 37.0 Å². The van der Waals surface area contributed by atoms with Gasteiger partial charge in [-0.1, -0.05) is 84.5 Å². The topological polar surface area (TPSA) is 306 Å². The fourth-order valence-electron chi connectivity index (χ4n) is 6.34. The van der Waals surface area contributed by atoms with Crippen molar-refractivity contribution in [3.63, 3.8) is 0 Å². The molecule has 0 aliphatic heterocycles. The third-order valence-electron chi connectivity index (χ3n) is 9.69. The highest BCUT2D eigenvalue weighted by Crippen LogP contribution is 2.28. The van der Waals surface area contributed by atoms with Gasteiger partial charge in [0.25, 0.3) is 32.1 Å². The van der Waals surface area contributed by atoms with E-state index in [1.165, 1.54) is 32.4 Å². The third kappa shape index (κ3) is 15.3. The molecule has 0 spiro atoms. The summed E-state index contributed by atoms with van der Waals surface area (Å²) < 4.78 is 26.1. The minimum atomic E-state index is -4.53. The molecule has 21 nitrogen and oxygen atoms in total. The minimum absolute atomic E-state index is 0.00904. The predicted molar refractivity (Wildman–Crippen MR) is 217 cm³/mol. The molecule has 5 atom stereocenters. The van der Waals surface area contributed by atoms with Gasteiger partial charge in [-0.25, -0.2) is 9.71 Å². The maximum absolute atomic E-state index is 14.1. The maximum atomic E-state index is 14.1. The molecule has 2 heterocycles. The van der Waals surface area contributed by atoms with Crippen LogP contribution in [-0.4, -0.2) is 106 Å². The third-order valence-corrected chi connectivity index (χ3v) is 12.3. The van der Waals surface area contributed by atoms with E-state index in [2.05, 4.69) is 46.7 Å². The molecular formula is C37H55N11O10S2. The normalized spacial score (nSPS) is 15.6. The Morgan fingerprint density at radius 1 is 0.817 bits per heavy atom. The molecule has 1 saturated carbocycles. The summed E-state index contributed by atoms with van der Waals surface area (Å²) in [5.41, 5.74) is 0.00904. The van der Waals surface area contributed by atoms with E-state index in [0.717, 1.165) is 32.1 Å². The van der Waals surface area contributed by atoms with Crippen molar-refractivity contribution < 1.29 is 46.8 Å². The van der Waals surface area contributed by atoms with Gasteiger partial charge in [0.1, 0.15) is 23.8 Å². The molecule has 0 radical (unpaired) electrons. The zero-order valence-corrected chi connectivity index (χ0v) is 36.2. The number of hydrogen-bond acceptors (Lipinski definition) is 15. The molecule has 23 heteroatoms. The molecule has 1 aliphatic carbocycles. The number of nitrogens with zero attached hydrogens (tertiary/aromatic N) is 4. The minimum Gasteiger partial charge on any atom is -0.344 e. The second-order valence-electron chi connectivity index (χ2n) is 15.0. The Kier molecular flexibility index (Phi) is 19.1. The summed E-state index contributed by atoms with van der Waals surface area (Å²) in [6.45, 7) is 9.12. The fraction of sp³-hybridized carbons (Fsp3) is 0.622. The van der Waals surface area contributed by atoms with Crippen LogP contribution in [0.4, 0.5) is 5.13 Å². The lowest BCUT2D eigenvalue weighted by Crippen LogP contribution is -2.60. The standard InChI is InChI=1S/C37H55N11O10S2/c1-7-21(5)29(45-32(53)25(16-20(3)4)43-33(54)27-18-38-14-15-39-27)34(55)44-26(17-23-12-10-9-11-13-23)31(52)42-24(8-2)30(51)35(56)40-19-28(50)48-60(57,58)37-47-46-36(59-37)41-22(6)49/h14-15,18,20-21,23-26,29H,7-13,16-17,19H2,1-6H3,(H,40,56)(H,42,52)(H,43,54)(H,44,55)(H,45,53)(H,48,50)(H,41,46,49)/t21?,24-,25-,26-,29?/m0/s1. The van der Waals surface area contributed by atoms with Gasteiger partial charge in [0.2, 0.25) is 34.5 Å². The fourth-order valence-corrected chi connectivity index (χ4v) is 8.27. The molecule has 3 rings (SSSR count). The molecule has 0 bridgehead atoms. The van der Waals surface area contributed by atoms with Crippen LogP contribution in [0.2, 0.25) is 0 Å². The zero-order chi connectivity index (χ0) is 44.6. The highest BCUT2D eigenvalue weighted by molar-refractivity contribution is 7.92. The number of carbonyl (C=O) groups is 8. The Morgan fingerprint density at radius 3 is 2.08 bits per heavy atom. The van der Waals surface area contributed by atoms with Crippen LogP contribution < -0.4 is 36.6 Å². The average molecular weight is 878 g/mol. The van der Waals surface area contributed by atoms with Crippen LogP contribution in [0.1, 0.15) is 110 Å². The van der Waals surface area contributed by atoms with Gasteiger partial charge >= 0.3 is 0 Å². The number of ketones is 1. The molecule has 330 valence electrons. The number of Topliss-reactive ketones (excluding diaryl/α,β-unsaturated/α-hetero) is 1. The van der Waals surface area contributed by atoms with Crippen molar-refractivity contribution in [2.24, 2.45) is 17.8 Å². The molecule has 2 aromatic rings. The lowest BCUT2D eigenvalue weighted by atomic mass is 9.84. The number of sulfonamides is 1. The van der Waals surface area contributed by atoms with Crippen LogP contribution in [-0.2, 0) is 43.6 Å². The Morgan fingerprint density at radius 2 is 1.48 bits per heavy atom. The van der Waals surface area contributed by atoms with E-state index in [0.29, 0.717) is 17.8 Å². The van der Waals surface area contributed by atoms with Crippen LogP contribution in [0, 0.1) is 17.8 Å². The lowest BCUT2D eigenvalue weighted by molar-refractivity contribution is -0.141. The first-order chi connectivity index (χ1) is 28.3. The van der Waals surface area contributed by atoms with Gasteiger partial charge in [-0.3, -0.25) is 43.3 Å². The molecule has 2 unspecified atom stereocenters.